The predicted octanol–water partition coefficient (Wildman–Crippen LogP) is 1.62. The summed E-state index contributed by atoms with van der Waals surface area (Å²) in [6, 6.07) is 10.9. The zero-order chi connectivity index (χ0) is 12.0. The minimum absolute atomic E-state index is 0.418. The van der Waals surface area contributed by atoms with Crippen LogP contribution in [0.3, 0.4) is 0 Å². The molecule has 0 saturated carbocycles. The molecule has 4 heteroatoms. The van der Waals surface area contributed by atoms with Crippen LogP contribution < -0.4 is 5.11 Å². The third-order valence-electron chi connectivity index (χ3n) is 1.73. The molecule has 0 radical (unpaired) electrons. The Kier molecular flexibility index (Phi) is 4.49. The van der Waals surface area contributed by atoms with E-state index in [9.17, 15) is 9.90 Å². The van der Waals surface area contributed by atoms with E-state index in [2.05, 4.69) is 15.9 Å². The summed E-state index contributed by atoms with van der Waals surface area (Å²) in [6.45, 7) is 0. The molecule has 16 heavy (non-hydrogen) atoms. The third kappa shape index (κ3) is 3.71. The number of hydrogen-bond donors (Lipinski definition) is 0. The summed E-state index contributed by atoms with van der Waals surface area (Å²) in [5.41, 5.74) is 0.486. The monoisotopic (exact) mass is 276 g/mol. The van der Waals surface area contributed by atoms with Gasteiger partial charge < -0.3 is 9.90 Å². The summed E-state index contributed by atoms with van der Waals surface area (Å²) in [5.74, 6) is -1.49. The van der Waals surface area contributed by atoms with Crippen molar-refractivity contribution in [1.29, 1.82) is 5.26 Å². The van der Waals surface area contributed by atoms with Crippen LogP contribution in [0.1, 0.15) is 5.56 Å². The molecule has 0 N–H and O–H groups in total. The first-order valence-electron chi connectivity index (χ1n) is 4.39. The zero-order valence-corrected chi connectivity index (χ0v) is 9.77. The van der Waals surface area contributed by atoms with E-state index >= 15 is 0 Å². The molecule has 1 rings (SSSR count). The normalized spacial score (nSPS) is 12.0. The molecule has 0 aliphatic heterocycles. The molecule has 0 bridgehead atoms. The Morgan fingerprint density at radius 2 is 2.00 bits per heavy atom. The average molecular weight is 277 g/mol. The molecule has 1 aromatic rings. The molecular formula is C12H7BrNO2-. The Bertz CT molecular complexity index is 483. The van der Waals surface area contributed by atoms with Crippen molar-refractivity contribution in [2.24, 2.45) is 0 Å². The molecular weight excluding hydrogens is 270 g/mol. The number of allylic oxidation sites excluding steroid dienone is 2. The number of nitriles is 1. The molecule has 0 fully saturated rings. The van der Waals surface area contributed by atoms with Crippen LogP contribution in [-0.4, -0.2) is 5.97 Å². The summed E-state index contributed by atoms with van der Waals surface area (Å²) in [7, 11) is 0. The van der Waals surface area contributed by atoms with E-state index in [4.69, 9.17) is 5.26 Å². The highest BCUT2D eigenvalue weighted by molar-refractivity contribution is 9.12. The number of carbonyl (C=O) groups excluding carboxylic acids is 1. The summed E-state index contributed by atoms with van der Waals surface area (Å²) in [5, 5.41) is 19.0. The topological polar surface area (TPSA) is 63.9 Å². The van der Waals surface area contributed by atoms with Gasteiger partial charge in [0.2, 0.25) is 0 Å². The second kappa shape index (κ2) is 5.89. The number of aliphatic carboxylic acids is 1. The van der Waals surface area contributed by atoms with Crippen molar-refractivity contribution in [2.45, 2.75) is 0 Å². The smallest absolute Gasteiger partial charge is 0.101 e. The second-order valence-corrected chi connectivity index (χ2v) is 3.81. The number of carboxylic acids is 1. The van der Waals surface area contributed by atoms with Gasteiger partial charge in [-0.3, -0.25) is 0 Å². The molecule has 0 unspecified atom stereocenters. The number of carbonyl (C=O) groups is 1. The SMILES string of the molecule is N#C/C(=C\C(Br)=C\c1ccccc1)C(=O)[O-]. The number of benzene rings is 1. The van der Waals surface area contributed by atoms with Crippen molar-refractivity contribution in [3.63, 3.8) is 0 Å². The Morgan fingerprint density at radius 1 is 1.38 bits per heavy atom. The van der Waals surface area contributed by atoms with Gasteiger partial charge in [-0.25, -0.2) is 0 Å². The fraction of sp³-hybridized carbons (Fsp3) is 0. The number of hydrogen-bond acceptors (Lipinski definition) is 3. The first kappa shape index (κ1) is 12.2. The molecule has 0 aliphatic carbocycles. The highest BCUT2D eigenvalue weighted by atomic mass is 79.9. The molecule has 0 amide bonds. The maximum atomic E-state index is 10.5. The first-order chi connectivity index (χ1) is 7.63. The van der Waals surface area contributed by atoms with Crippen LogP contribution in [0.4, 0.5) is 0 Å². The second-order valence-electron chi connectivity index (χ2n) is 2.90. The van der Waals surface area contributed by atoms with Crippen LogP contribution in [0.2, 0.25) is 0 Å². The zero-order valence-electron chi connectivity index (χ0n) is 8.18. The Morgan fingerprint density at radius 3 is 2.50 bits per heavy atom. The van der Waals surface area contributed by atoms with Crippen LogP contribution >= 0.6 is 15.9 Å². The number of halogens is 1. The lowest BCUT2D eigenvalue weighted by atomic mass is 10.2. The van der Waals surface area contributed by atoms with E-state index in [-0.39, 0.29) is 0 Å². The van der Waals surface area contributed by atoms with Crippen molar-refractivity contribution < 1.29 is 9.90 Å². The molecule has 1 aromatic carbocycles. The third-order valence-corrected chi connectivity index (χ3v) is 2.18. The van der Waals surface area contributed by atoms with E-state index in [0.717, 1.165) is 5.56 Å². The van der Waals surface area contributed by atoms with Gasteiger partial charge in [0.15, 0.2) is 0 Å². The van der Waals surface area contributed by atoms with E-state index < -0.39 is 11.5 Å². The van der Waals surface area contributed by atoms with Gasteiger partial charge in [-0.15, -0.1) is 0 Å². The average Bonchev–Trinajstić information content (AvgIpc) is 2.27. The van der Waals surface area contributed by atoms with E-state index in [1.165, 1.54) is 6.08 Å². The number of carboxylic acid groups (broad SMARTS) is 1. The lowest BCUT2D eigenvalue weighted by Crippen LogP contribution is -2.23. The van der Waals surface area contributed by atoms with Crippen molar-refractivity contribution >= 4 is 28.0 Å². The fourth-order valence-electron chi connectivity index (χ4n) is 1.02. The van der Waals surface area contributed by atoms with Gasteiger partial charge in [-0.05, 0) is 17.7 Å². The molecule has 0 aliphatic rings. The predicted molar refractivity (Wildman–Crippen MR) is 62.0 cm³/mol. The van der Waals surface area contributed by atoms with Crippen molar-refractivity contribution in [2.75, 3.05) is 0 Å². The largest absolute Gasteiger partial charge is 0.544 e. The molecule has 0 heterocycles. The van der Waals surface area contributed by atoms with Crippen LogP contribution in [-0.2, 0) is 4.79 Å². The van der Waals surface area contributed by atoms with Crippen molar-refractivity contribution in [3.05, 3.63) is 52.0 Å². The minimum Gasteiger partial charge on any atom is -0.544 e. The molecule has 80 valence electrons. The maximum Gasteiger partial charge on any atom is 0.101 e. The standard InChI is InChI=1S/C12H8BrNO2/c13-11(7-10(8-14)12(15)16)6-9-4-2-1-3-5-9/h1-7H,(H,15,16)/p-1/b10-7+,11-6-. The number of rotatable bonds is 3. The fourth-order valence-corrected chi connectivity index (χ4v) is 1.52. The first-order valence-corrected chi connectivity index (χ1v) is 5.18. The maximum absolute atomic E-state index is 10.5. The lowest BCUT2D eigenvalue weighted by molar-refractivity contribution is -0.298. The highest BCUT2D eigenvalue weighted by Crippen LogP contribution is 2.15. The highest BCUT2D eigenvalue weighted by Gasteiger charge is 1.97. The van der Waals surface area contributed by atoms with Gasteiger partial charge in [-0.2, -0.15) is 5.26 Å². The molecule has 3 nitrogen and oxygen atoms in total. The lowest BCUT2D eigenvalue weighted by Gasteiger charge is -1.98. The van der Waals surface area contributed by atoms with Gasteiger partial charge in [0.25, 0.3) is 0 Å². The van der Waals surface area contributed by atoms with Gasteiger partial charge in [0.05, 0.1) is 11.5 Å². The Hall–Kier alpha value is -1.86. The van der Waals surface area contributed by atoms with Crippen LogP contribution in [0.15, 0.2) is 46.5 Å². The molecule has 0 aromatic heterocycles. The summed E-state index contributed by atoms with van der Waals surface area (Å²) in [6.07, 6.45) is 2.92. The van der Waals surface area contributed by atoms with Crippen LogP contribution in [0, 0.1) is 11.3 Å². The summed E-state index contributed by atoms with van der Waals surface area (Å²) >= 11 is 3.17. The van der Waals surface area contributed by atoms with Crippen molar-refractivity contribution in [3.8, 4) is 6.07 Å². The molecule has 0 saturated heterocycles. The van der Waals surface area contributed by atoms with E-state index in [1.807, 2.05) is 30.3 Å². The quantitative estimate of drug-likeness (QED) is 0.479. The van der Waals surface area contributed by atoms with Gasteiger partial charge in [-0.1, -0.05) is 46.3 Å². The minimum atomic E-state index is -1.49. The van der Waals surface area contributed by atoms with E-state index in [0.29, 0.717) is 4.48 Å². The Labute approximate surface area is 101 Å². The Balaban J connectivity index is 2.96. The van der Waals surface area contributed by atoms with Crippen molar-refractivity contribution in [1.82, 2.24) is 0 Å². The van der Waals surface area contributed by atoms with Gasteiger partial charge in [0.1, 0.15) is 6.07 Å². The van der Waals surface area contributed by atoms with Gasteiger partial charge >= 0.3 is 0 Å². The summed E-state index contributed by atoms with van der Waals surface area (Å²) in [4.78, 5) is 10.5. The van der Waals surface area contributed by atoms with Crippen LogP contribution in [0.25, 0.3) is 6.08 Å². The number of nitrogens with zero attached hydrogens (tertiary/aromatic N) is 1. The van der Waals surface area contributed by atoms with Gasteiger partial charge in [0, 0.05) is 4.48 Å². The van der Waals surface area contributed by atoms with Crippen LogP contribution in [0.5, 0.6) is 0 Å². The molecule has 0 atom stereocenters. The molecule has 0 spiro atoms. The summed E-state index contributed by atoms with van der Waals surface area (Å²) < 4.78 is 0.499. The van der Waals surface area contributed by atoms with E-state index in [1.54, 1.807) is 12.1 Å².